The van der Waals surface area contributed by atoms with E-state index in [2.05, 4.69) is 25.9 Å². The Morgan fingerprint density at radius 2 is 2.07 bits per heavy atom. The number of ether oxygens (including phenoxy) is 1. The number of carbonyl (C=O) groups is 1. The zero-order valence-corrected chi connectivity index (χ0v) is 17.2. The van der Waals surface area contributed by atoms with E-state index in [0.717, 1.165) is 36.5 Å². The van der Waals surface area contributed by atoms with Gasteiger partial charge in [0.1, 0.15) is 5.76 Å². The van der Waals surface area contributed by atoms with Crippen molar-refractivity contribution in [2.45, 2.75) is 45.9 Å². The quantitative estimate of drug-likeness (QED) is 0.487. The summed E-state index contributed by atoms with van der Waals surface area (Å²) in [5, 5.41) is 9.36. The van der Waals surface area contributed by atoms with Crippen LogP contribution in [0.15, 0.2) is 33.7 Å². The molecule has 0 bridgehead atoms. The van der Waals surface area contributed by atoms with Crippen molar-refractivity contribution >= 4 is 11.9 Å². The molecule has 156 valence electrons. The van der Waals surface area contributed by atoms with E-state index in [1.807, 2.05) is 38.1 Å². The molecule has 29 heavy (non-hydrogen) atoms. The van der Waals surface area contributed by atoms with Crippen LogP contribution in [0, 0.1) is 13.8 Å². The van der Waals surface area contributed by atoms with Crippen LogP contribution in [-0.2, 0) is 17.8 Å². The van der Waals surface area contributed by atoms with Crippen molar-refractivity contribution in [2.24, 2.45) is 4.99 Å². The van der Waals surface area contributed by atoms with Crippen LogP contribution in [0.25, 0.3) is 0 Å². The molecular formula is C21H29N5O3. The Morgan fingerprint density at radius 1 is 1.24 bits per heavy atom. The lowest BCUT2D eigenvalue weighted by atomic mass is 10.1. The Kier molecular flexibility index (Phi) is 7.24. The maximum Gasteiger partial charge on any atom is 0.251 e. The molecule has 0 saturated carbocycles. The molecule has 0 radical (unpaired) electrons. The maximum atomic E-state index is 12.4. The van der Waals surface area contributed by atoms with Gasteiger partial charge in [-0.1, -0.05) is 12.1 Å². The van der Waals surface area contributed by atoms with Crippen LogP contribution in [0.2, 0.25) is 0 Å². The molecule has 1 unspecified atom stereocenters. The van der Waals surface area contributed by atoms with Gasteiger partial charge in [0, 0.05) is 32.3 Å². The highest BCUT2D eigenvalue weighted by Gasteiger charge is 2.16. The number of carbonyl (C=O) groups excluding carboxylic acids is 1. The Bertz CT molecular complexity index is 836. The topological polar surface area (TPSA) is 101 Å². The molecule has 1 amide bonds. The fourth-order valence-electron chi connectivity index (χ4n) is 3.12. The number of aryl methyl sites for hydroxylation is 2. The van der Waals surface area contributed by atoms with E-state index in [1.54, 1.807) is 7.05 Å². The van der Waals surface area contributed by atoms with Crippen molar-refractivity contribution < 1.29 is 13.9 Å². The molecule has 1 fully saturated rings. The number of nitrogens with zero attached hydrogens (tertiary/aromatic N) is 2. The highest BCUT2D eigenvalue weighted by molar-refractivity contribution is 5.94. The zero-order valence-electron chi connectivity index (χ0n) is 17.2. The minimum absolute atomic E-state index is 0.0838. The van der Waals surface area contributed by atoms with Gasteiger partial charge in [-0.2, -0.15) is 0 Å². The van der Waals surface area contributed by atoms with E-state index < -0.39 is 0 Å². The Balaban J connectivity index is 1.48. The predicted molar refractivity (Wildman–Crippen MR) is 111 cm³/mol. The van der Waals surface area contributed by atoms with E-state index in [-0.39, 0.29) is 12.0 Å². The average molecular weight is 399 g/mol. The number of hydrogen-bond acceptors (Lipinski definition) is 5. The SMILES string of the molecule is CN=C(NCc1cccc(C(=O)NCC2CCCO2)c1)NCc1nc(C)c(C)o1. The van der Waals surface area contributed by atoms with E-state index in [4.69, 9.17) is 9.15 Å². The minimum Gasteiger partial charge on any atom is -0.444 e. The van der Waals surface area contributed by atoms with Crippen LogP contribution in [0.3, 0.4) is 0 Å². The van der Waals surface area contributed by atoms with Crippen molar-refractivity contribution in [1.82, 2.24) is 20.9 Å². The summed E-state index contributed by atoms with van der Waals surface area (Å²) in [7, 11) is 1.70. The van der Waals surface area contributed by atoms with E-state index in [0.29, 0.717) is 37.0 Å². The fraction of sp³-hybridized carbons (Fsp3) is 0.476. The Morgan fingerprint density at radius 3 is 2.76 bits per heavy atom. The summed E-state index contributed by atoms with van der Waals surface area (Å²) < 4.78 is 11.1. The maximum absolute atomic E-state index is 12.4. The first-order valence-electron chi connectivity index (χ1n) is 9.91. The summed E-state index contributed by atoms with van der Waals surface area (Å²) in [4.78, 5) is 21.0. The van der Waals surface area contributed by atoms with Gasteiger partial charge in [-0.05, 0) is 44.4 Å². The molecule has 0 spiro atoms. The predicted octanol–water partition coefficient (Wildman–Crippen LogP) is 2.07. The number of guanidine groups is 1. The molecule has 0 aliphatic carbocycles. The first-order chi connectivity index (χ1) is 14.0. The third-order valence-corrected chi connectivity index (χ3v) is 4.87. The lowest BCUT2D eigenvalue weighted by Crippen LogP contribution is -2.36. The van der Waals surface area contributed by atoms with Crippen LogP contribution in [0.1, 0.15) is 46.1 Å². The summed E-state index contributed by atoms with van der Waals surface area (Å²) in [6, 6.07) is 7.55. The smallest absolute Gasteiger partial charge is 0.251 e. The molecule has 3 N–H and O–H groups in total. The molecule has 1 saturated heterocycles. The second-order valence-electron chi connectivity index (χ2n) is 7.07. The first-order valence-corrected chi connectivity index (χ1v) is 9.91. The van der Waals surface area contributed by atoms with Gasteiger partial charge in [-0.3, -0.25) is 9.79 Å². The number of hydrogen-bond donors (Lipinski definition) is 3. The van der Waals surface area contributed by atoms with Gasteiger partial charge in [-0.25, -0.2) is 4.98 Å². The molecular weight excluding hydrogens is 370 g/mol. The van der Waals surface area contributed by atoms with Gasteiger partial charge in [0.2, 0.25) is 5.89 Å². The van der Waals surface area contributed by atoms with Gasteiger partial charge in [-0.15, -0.1) is 0 Å². The fourth-order valence-corrected chi connectivity index (χ4v) is 3.12. The van der Waals surface area contributed by atoms with Crippen molar-refractivity contribution in [3.05, 3.63) is 52.7 Å². The molecule has 8 nitrogen and oxygen atoms in total. The third-order valence-electron chi connectivity index (χ3n) is 4.87. The van der Waals surface area contributed by atoms with Gasteiger partial charge >= 0.3 is 0 Å². The summed E-state index contributed by atoms with van der Waals surface area (Å²) in [5.74, 6) is 1.98. The number of aliphatic imine (C=N–C) groups is 1. The second-order valence-corrected chi connectivity index (χ2v) is 7.07. The van der Waals surface area contributed by atoms with Crippen molar-refractivity contribution in [3.8, 4) is 0 Å². The van der Waals surface area contributed by atoms with Crippen molar-refractivity contribution in [3.63, 3.8) is 0 Å². The van der Waals surface area contributed by atoms with E-state index in [1.165, 1.54) is 0 Å². The summed E-state index contributed by atoms with van der Waals surface area (Å²) >= 11 is 0. The largest absolute Gasteiger partial charge is 0.444 e. The molecule has 1 atom stereocenters. The van der Waals surface area contributed by atoms with Gasteiger partial charge < -0.3 is 25.1 Å². The van der Waals surface area contributed by atoms with Crippen LogP contribution in [-0.4, -0.2) is 43.2 Å². The summed E-state index contributed by atoms with van der Waals surface area (Å²) in [5.41, 5.74) is 2.51. The first kappa shape index (κ1) is 20.9. The molecule has 2 heterocycles. The Hall–Kier alpha value is -2.87. The highest BCUT2D eigenvalue weighted by Crippen LogP contribution is 2.11. The monoisotopic (exact) mass is 399 g/mol. The second kappa shape index (κ2) is 10.1. The number of rotatable bonds is 7. The number of nitrogens with one attached hydrogen (secondary N) is 3. The molecule has 1 aliphatic rings. The molecule has 1 aliphatic heterocycles. The van der Waals surface area contributed by atoms with E-state index >= 15 is 0 Å². The zero-order chi connectivity index (χ0) is 20.6. The number of aromatic nitrogens is 1. The number of oxazole rings is 1. The molecule has 8 heteroatoms. The minimum atomic E-state index is -0.0838. The summed E-state index contributed by atoms with van der Waals surface area (Å²) in [6.07, 6.45) is 2.20. The van der Waals surface area contributed by atoms with Gasteiger partial charge in [0.25, 0.3) is 5.91 Å². The number of amides is 1. The molecule has 2 aromatic rings. The molecule has 1 aromatic carbocycles. The normalized spacial score (nSPS) is 16.7. The standard InChI is InChI=1S/C21H29N5O3/c1-14-15(2)29-19(26-14)13-25-21(22-3)24-11-16-6-4-7-17(10-16)20(27)23-12-18-8-5-9-28-18/h4,6-7,10,18H,5,8-9,11-13H2,1-3H3,(H,23,27)(H2,22,24,25). The van der Waals surface area contributed by atoms with Crippen LogP contribution in [0.5, 0.6) is 0 Å². The molecule has 1 aromatic heterocycles. The molecule has 3 rings (SSSR count). The van der Waals surface area contributed by atoms with Crippen molar-refractivity contribution in [1.29, 1.82) is 0 Å². The van der Waals surface area contributed by atoms with Crippen LogP contribution >= 0.6 is 0 Å². The lowest BCUT2D eigenvalue weighted by Gasteiger charge is -2.13. The van der Waals surface area contributed by atoms with Gasteiger partial charge in [0.15, 0.2) is 5.96 Å². The Labute approximate surface area is 171 Å². The lowest BCUT2D eigenvalue weighted by molar-refractivity contribution is 0.0857. The van der Waals surface area contributed by atoms with Crippen LogP contribution in [0.4, 0.5) is 0 Å². The van der Waals surface area contributed by atoms with E-state index in [9.17, 15) is 4.79 Å². The van der Waals surface area contributed by atoms with Crippen LogP contribution < -0.4 is 16.0 Å². The average Bonchev–Trinajstić information content (AvgIpc) is 3.36. The third kappa shape index (κ3) is 6.05. The number of benzene rings is 1. The summed E-state index contributed by atoms with van der Waals surface area (Å²) in [6.45, 7) is 6.13. The van der Waals surface area contributed by atoms with Crippen molar-refractivity contribution in [2.75, 3.05) is 20.2 Å². The highest BCUT2D eigenvalue weighted by atomic mass is 16.5. The van der Waals surface area contributed by atoms with Gasteiger partial charge in [0.05, 0.1) is 18.3 Å².